The van der Waals surface area contributed by atoms with Crippen molar-refractivity contribution in [2.45, 2.75) is 57.9 Å². The summed E-state index contributed by atoms with van der Waals surface area (Å²) in [6.07, 6.45) is 4.31. The molecule has 0 atom stereocenters. The molecule has 1 aromatic carbocycles. The zero-order valence-electron chi connectivity index (χ0n) is 15.5. The van der Waals surface area contributed by atoms with Gasteiger partial charge in [-0.2, -0.15) is 0 Å². The van der Waals surface area contributed by atoms with Gasteiger partial charge in [0, 0.05) is 17.7 Å². The molecule has 0 heterocycles. The predicted octanol–water partition coefficient (Wildman–Crippen LogP) is 2.98. The van der Waals surface area contributed by atoms with Crippen molar-refractivity contribution in [3.05, 3.63) is 35.4 Å². The first-order valence-corrected chi connectivity index (χ1v) is 9.36. The molecule has 2 rings (SSSR count). The number of benzene rings is 1. The summed E-state index contributed by atoms with van der Waals surface area (Å²) in [5, 5.41) is 15.2. The molecule has 142 valence electrons. The summed E-state index contributed by atoms with van der Waals surface area (Å²) in [6, 6.07) is 6.38. The van der Waals surface area contributed by atoms with Gasteiger partial charge in [-0.1, -0.05) is 26.3 Å². The quantitative estimate of drug-likeness (QED) is 0.696. The Morgan fingerprint density at radius 2 is 1.73 bits per heavy atom. The van der Waals surface area contributed by atoms with E-state index < -0.39 is 17.4 Å². The van der Waals surface area contributed by atoms with Gasteiger partial charge in [-0.15, -0.1) is 0 Å². The van der Waals surface area contributed by atoms with Crippen molar-refractivity contribution in [1.82, 2.24) is 10.6 Å². The topological polar surface area (TPSA) is 95.5 Å². The van der Waals surface area contributed by atoms with Crippen LogP contribution in [-0.4, -0.2) is 35.0 Å². The molecule has 3 N–H and O–H groups in total. The van der Waals surface area contributed by atoms with Crippen LogP contribution in [0.3, 0.4) is 0 Å². The average Bonchev–Trinajstić information content (AvgIpc) is 2.66. The Morgan fingerprint density at radius 3 is 2.27 bits per heavy atom. The molecule has 1 fully saturated rings. The maximum Gasteiger partial charge on any atom is 0.329 e. The molecule has 0 spiro atoms. The number of hydrogen-bond acceptors (Lipinski definition) is 3. The molecule has 6 nitrogen and oxygen atoms in total. The van der Waals surface area contributed by atoms with Crippen molar-refractivity contribution < 1.29 is 19.5 Å². The smallest absolute Gasteiger partial charge is 0.329 e. The number of nitrogens with one attached hydrogen (secondary N) is 2. The van der Waals surface area contributed by atoms with Crippen LogP contribution >= 0.6 is 0 Å². The van der Waals surface area contributed by atoms with Crippen molar-refractivity contribution in [3.63, 3.8) is 0 Å². The van der Waals surface area contributed by atoms with Crippen molar-refractivity contribution in [3.8, 4) is 0 Å². The van der Waals surface area contributed by atoms with E-state index in [-0.39, 0.29) is 5.91 Å². The van der Waals surface area contributed by atoms with E-state index in [0.717, 1.165) is 25.7 Å². The molecule has 0 aromatic heterocycles. The summed E-state index contributed by atoms with van der Waals surface area (Å²) in [7, 11) is 0. The number of carboxylic acids is 1. The molecule has 0 unspecified atom stereocenters. The second kappa shape index (κ2) is 8.83. The van der Waals surface area contributed by atoms with Crippen LogP contribution in [0.25, 0.3) is 0 Å². The maximum atomic E-state index is 12.7. The molecule has 1 aromatic rings. The molecule has 0 aliphatic heterocycles. The van der Waals surface area contributed by atoms with E-state index >= 15 is 0 Å². The van der Waals surface area contributed by atoms with Crippen LogP contribution in [0, 0.1) is 5.92 Å². The Labute approximate surface area is 154 Å². The van der Waals surface area contributed by atoms with Crippen LogP contribution in [0.1, 0.15) is 73.1 Å². The molecule has 6 heteroatoms. The summed E-state index contributed by atoms with van der Waals surface area (Å²) in [5.41, 5.74) is -0.527. The summed E-state index contributed by atoms with van der Waals surface area (Å²) >= 11 is 0. The number of amides is 2. The molecular weight excluding hydrogens is 332 g/mol. The Kier molecular flexibility index (Phi) is 6.77. The fourth-order valence-corrected chi connectivity index (χ4v) is 3.40. The summed E-state index contributed by atoms with van der Waals surface area (Å²) in [5.74, 6) is -1.16. The molecule has 0 bridgehead atoms. The molecule has 0 radical (unpaired) electrons. The lowest BCUT2D eigenvalue weighted by atomic mass is 9.75. The summed E-state index contributed by atoms with van der Waals surface area (Å²) < 4.78 is 0. The van der Waals surface area contributed by atoms with E-state index in [2.05, 4.69) is 17.6 Å². The Bertz CT molecular complexity index is 664. The van der Waals surface area contributed by atoms with Crippen molar-refractivity contribution in [1.29, 1.82) is 0 Å². The summed E-state index contributed by atoms with van der Waals surface area (Å²) in [4.78, 5) is 36.6. The first-order valence-electron chi connectivity index (χ1n) is 9.36. The highest BCUT2D eigenvalue weighted by Crippen LogP contribution is 2.34. The third-order valence-electron chi connectivity index (χ3n) is 5.22. The van der Waals surface area contributed by atoms with Crippen LogP contribution < -0.4 is 10.6 Å². The molecule has 26 heavy (non-hydrogen) atoms. The minimum Gasteiger partial charge on any atom is -0.480 e. The van der Waals surface area contributed by atoms with Gasteiger partial charge in [-0.25, -0.2) is 4.79 Å². The third kappa shape index (κ3) is 4.62. The van der Waals surface area contributed by atoms with Gasteiger partial charge in [-0.05, 0) is 56.2 Å². The first-order chi connectivity index (χ1) is 12.4. The van der Waals surface area contributed by atoms with E-state index in [0.29, 0.717) is 36.4 Å². The minimum atomic E-state index is -1.22. The van der Waals surface area contributed by atoms with Gasteiger partial charge in [0.2, 0.25) is 0 Å². The lowest BCUT2D eigenvalue weighted by Crippen LogP contribution is -2.56. The van der Waals surface area contributed by atoms with Crippen molar-refractivity contribution in [2.75, 3.05) is 6.54 Å². The van der Waals surface area contributed by atoms with Crippen LogP contribution in [0.15, 0.2) is 24.3 Å². The van der Waals surface area contributed by atoms with Gasteiger partial charge in [0.15, 0.2) is 0 Å². The average molecular weight is 360 g/mol. The molecule has 1 aliphatic carbocycles. The Morgan fingerprint density at radius 1 is 1.12 bits per heavy atom. The van der Waals surface area contributed by atoms with Crippen LogP contribution in [0.5, 0.6) is 0 Å². The minimum absolute atomic E-state index is 0.238. The highest BCUT2D eigenvalue weighted by atomic mass is 16.4. The second-order valence-corrected chi connectivity index (χ2v) is 7.03. The normalized spacial score (nSPS) is 22.5. The fraction of sp³-hybridized carbons (Fsp3) is 0.550. The number of rotatable bonds is 7. The van der Waals surface area contributed by atoms with E-state index in [9.17, 15) is 19.5 Å². The standard InChI is InChI=1S/C20H28N2O4/c1-3-12-21-17(23)15-6-5-7-16(13-15)18(24)22-20(19(25)26)10-8-14(4-2)9-11-20/h5-7,13-14H,3-4,8-12H2,1-2H3,(H,21,23)(H,22,24)(H,25,26). The molecule has 0 saturated heterocycles. The van der Waals surface area contributed by atoms with Gasteiger partial charge in [-0.3, -0.25) is 9.59 Å². The van der Waals surface area contributed by atoms with E-state index in [4.69, 9.17) is 0 Å². The lowest BCUT2D eigenvalue weighted by Gasteiger charge is -2.37. The first kappa shape index (κ1) is 19.9. The zero-order valence-corrected chi connectivity index (χ0v) is 15.5. The van der Waals surface area contributed by atoms with Crippen molar-refractivity contribution >= 4 is 17.8 Å². The monoisotopic (exact) mass is 360 g/mol. The SMILES string of the molecule is CCCNC(=O)c1cccc(C(=O)NC2(C(=O)O)CCC(CC)CC2)c1. The van der Waals surface area contributed by atoms with E-state index in [1.54, 1.807) is 18.2 Å². The largest absolute Gasteiger partial charge is 0.480 e. The molecule has 1 aliphatic rings. The number of aliphatic carboxylic acids is 1. The van der Waals surface area contributed by atoms with Crippen molar-refractivity contribution in [2.24, 2.45) is 5.92 Å². The third-order valence-corrected chi connectivity index (χ3v) is 5.22. The fourth-order valence-electron chi connectivity index (χ4n) is 3.40. The van der Waals surface area contributed by atoms with Crippen LogP contribution in [0.2, 0.25) is 0 Å². The number of carboxylic acid groups (broad SMARTS) is 1. The number of hydrogen-bond donors (Lipinski definition) is 3. The zero-order chi connectivity index (χ0) is 19.2. The number of carbonyl (C=O) groups is 3. The maximum absolute atomic E-state index is 12.7. The van der Waals surface area contributed by atoms with Gasteiger partial charge >= 0.3 is 5.97 Å². The summed E-state index contributed by atoms with van der Waals surface area (Å²) in [6.45, 7) is 4.63. The van der Waals surface area contributed by atoms with Crippen LogP contribution in [-0.2, 0) is 4.79 Å². The highest BCUT2D eigenvalue weighted by Gasteiger charge is 2.43. The lowest BCUT2D eigenvalue weighted by molar-refractivity contribution is -0.146. The van der Waals surface area contributed by atoms with Gasteiger partial charge in [0.25, 0.3) is 11.8 Å². The van der Waals surface area contributed by atoms with Gasteiger partial charge < -0.3 is 15.7 Å². The van der Waals surface area contributed by atoms with Crippen LogP contribution in [0.4, 0.5) is 0 Å². The molecular formula is C20H28N2O4. The predicted molar refractivity (Wildman–Crippen MR) is 99.1 cm³/mol. The van der Waals surface area contributed by atoms with Gasteiger partial charge in [0.1, 0.15) is 5.54 Å². The molecule has 1 saturated carbocycles. The highest BCUT2D eigenvalue weighted by molar-refractivity contribution is 6.01. The Hall–Kier alpha value is -2.37. The second-order valence-electron chi connectivity index (χ2n) is 7.03. The molecule has 2 amide bonds. The van der Waals surface area contributed by atoms with Gasteiger partial charge in [0.05, 0.1) is 0 Å². The Balaban J connectivity index is 2.13. The van der Waals surface area contributed by atoms with E-state index in [1.165, 1.54) is 6.07 Å². The van der Waals surface area contributed by atoms with E-state index in [1.807, 2.05) is 6.92 Å². The number of carbonyl (C=O) groups excluding carboxylic acids is 2.